The number of aromatic nitrogens is 3. The van der Waals surface area contributed by atoms with Crippen LogP contribution in [0.2, 0.25) is 0 Å². The number of fused-ring (bicyclic) bond motifs is 1. The van der Waals surface area contributed by atoms with Crippen LogP contribution in [0.3, 0.4) is 0 Å². The molecule has 0 aliphatic heterocycles. The lowest BCUT2D eigenvalue weighted by molar-refractivity contribution is -0.118. The van der Waals surface area contributed by atoms with Crippen LogP contribution in [0.1, 0.15) is 37.4 Å². The Hall–Kier alpha value is -2.02. The van der Waals surface area contributed by atoms with Crippen molar-refractivity contribution in [3.63, 3.8) is 0 Å². The van der Waals surface area contributed by atoms with Gasteiger partial charge in [0.15, 0.2) is 5.16 Å². The molecule has 0 radical (unpaired) electrons. The fourth-order valence-electron chi connectivity index (χ4n) is 2.87. The largest absolute Gasteiger partial charge is 0.492 e. The quantitative estimate of drug-likeness (QED) is 0.579. The molecule has 2 aromatic rings. The summed E-state index contributed by atoms with van der Waals surface area (Å²) >= 11 is 1.39. The summed E-state index contributed by atoms with van der Waals surface area (Å²) in [4.78, 5) is 11.9. The van der Waals surface area contributed by atoms with Crippen molar-refractivity contribution < 1.29 is 9.53 Å². The standard InChI is InChI=1S/C18H24N4O2S/c1-13(2)22-12-20-21-18(22)25-11-17(23)19-8-9-24-16-7-6-14-4-3-5-15(14)10-16/h6-7,10,12-13H,3-5,8-9,11H2,1-2H3,(H,19,23). The summed E-state index contributed by atoms with van der Waals surface area (Å²) < 4.78 is 7.69. The first-order valence-corrected chi connectivity index (χ1v) is 9.65. The highest BCUT2D eigenvalue weighted by atomic mass is 32.2. The zero-order chi connectivity index (χ0) is 17.6. The van der Waals surface area contributed by atoms with E-state index in [4.69, 9.17) is 4.74 Å². The molecule has 1 aliphatic rings. The lowest BCUT2D eigenvalue weighted by atomic mass is 10.1. The number of rotatable bonds is 8. The Morgan fingerprint density at radius 3 is 3.04 bits per heavy atom. The van der Waals surface area contributed by atoms with E-state index in [1.165, 1.54) is 35.7 Å². The van der Waals surface area contributed by atoms with Gasteiger partial charge in [0.25, 0.3) is 0 Å². The zero-order valence-electron chi connectivity index (χ0n) is 14.7. The lowest BCUT2D eigenvalue weighted by Gasteiger charge is -2.10. The van der Waals surface area contributed by atoms with E-state index >= 15 is 0 Å². The van der Waals surface area contributed by atoms with E-state index in [9.17, 15) is 4.79 Å². The molecule has 0 saturated heterocycles. The molecule has 0 fully saturated rings. The molecule has 7 heteroatoms. The molecule has 0 unspecified atom stereocenters. The highest BCUT2D eigenvalue weighted by Crippen LogP contribution is 2.25. The Morgan fingerprint density at radius 2 is 2.20 bits per heavy atom. The summed E-state index contributed by atoms with van der Waals surface area (Å²) in [5.41, 5.74) is 2.83. The molecule has 0 spiro atoms. The van der Waals surface area contributed by atoms with Crippen molar-refractivity contribution in [2.24, 2.45) is 0 Å². The Bertz CT molecular complexity index is 730. The summed E-state index contributed by atoms with van der Waals surface area (Å²) in [5, 5.41) is 11.6. The first-order chi connectivity index (χ1) is 12.1. The number of hydrogen-bond donors (Lipinski definition) is 1. The number of nitrogens with zero attached hydrogens (tertiary/aromatic N) is 3. The SMILES string of the molecule is CC(C)n1cnnc1SCC(=O)NCCOc1ccc2c(c1)CCC2. The fraction of sp³-hybridized carbons (Fsp3) is 0.500. The van der Waals surface area contributed by atoms with E-state index in [1.807, 2.05) is 10.6 Å². The zero-order valence-corrected chi connectivity index (χ0v) is 15.5. The molecule has 1 aromatic heterocycles. The van der Waals surface area contributed by atoms with Crippen LogP contribution in [0.15, 0.2) is 29.7 Å². The van der Waals surface area contributed by atoms with Gasteiger partial charge in [0.1, 0.15) is 18.7 Å². The second-order valence-corrected chi connectivity index (χ2v) is 7.33. The fourth-order valence-corrected chi connectivity index (χ4v) is 3.74. The molecule has 0 bridgehead atoms. The van der Waals surface area contributed by atoms with Gasteiger partial charge in [0.05, 0.1) is 12.3 Å². The van der Waals surface area contributed by atoms with Gasteiger partial charge in [0.2, 0.25) is 5.91 Å². The summed E-state index contributed by atoms with van der Waals surface area (Å²) in [6.07, 6.45) is 5.24. The van der Waals surface area contributed by atoms with E-state index in [2.05, 4.69) is 41.5 Å². The molecule has 25 heavy (non-hydrogen) atoms. The number of carbonyl (C=O) groups excluding carboxylic acids is 1. The highest BCUT2D eigenvalue weighted by molar-refractivity contribution is 7.99. The molecule has 3 rings (SSSR count). The molecule has 1 aliphatic carbocycles. The van der Waals surface area contributed by atoms with E-state index in [0.717, 1.165) is 17.3 Å². The number of nitrogens with one attached hydrogen (secondary N) is 1. The van der Waals surface area contributed by atoms with Gasteiger partial charge < -0.3 is 14.6 Å². The predicted molar refractivity (Wildman–Crippen MR) is 98.1 cm³/mol. The van der Waals surface area contributed by atoms with Gasteiger partial charge in [-0.3, -0.25) is 4.79 Å². The van der Waals surface area contributed by atoms with E-state index in [1.54, 1.807) is 6.33 Å². The molecule has 1 heterocycles. The number of aryl methyl sites for hydroxylation is 2. The Kier molecular flexibility index (Phi) is 5.96. The summed E-state index contributed by atoms with van der Waals surface area (Å²) in [5.74, 6) is 1.18. The highest BCUT2D eigenvalue weighted by Gasteiger charge is 2.12. The average molecular weight is 360 g/mol. The average Bonchev–Trinajstić information content (AvgIpc) is 3.25. The van der Waals surface area contributed by atoms with Gasteiger partial charge in [-0.25, -0.2) is 0 Å². The van der Waals surface area contributed by atoms with Gasteiger partial charge in [0, 0.05) is 6.04 Å². The molecule has 1 amide bonds. The number of ether oxygens (including phenoxy) is 1. The Balaban J connectivity index is 1.36. The molecule has 6 nitrogen and oxygen atoms in total. The van der Waals surface area contributed by atoms with Gasteiger partial charge >= 0.3 is 0 Å². The lowest BCUT2D eigenvalue weighted by Crippen LogP contribution is -2.29. The van der Waals surface area contributed by atoms with Crippen LogP contribution in [-0.2, 0) is 17.6 Å². The van der Waals surface area contributed by atoms with Crippen LogP contribution in [0.25, 0.3) is 0 Å². The molecular formula is C18H24N4O2S. The number of amides is 1. The molecule has 1 aromatic carbocycles. The number of thioether (sulfide) groups is 1. The van der Waals surface area contributed by atoms with Crippen molar-refractivity contribution in [1.82, 2.24) is 20.1 Å². The van der Waals surface area contributed by atoms with Gasteiger partial charge in [-0.2, -0.15) is 0 Å². The maximum Gasteiger partial charge on any atom is 0.230 e. The Morgan fingerprint density at radius 1 is 1.36 bits per heavy atom. The smallest absolute Gasteiger partial charge is 0.230 e. The van der Waals surface area contributed by atoms with E-state index < -0.39 is 0 Å². The second-order valence-electron chi connectivity index (χ2n) is 6.39. The summed E-state index contributed by atoms with van der Waals surface area (Å²) in [6, 6.07) is 6.57. The van der Waals surface area contributed by atoms with Crippen LogP contribution in [-0.4, -0.2) is 39.6 Å². The Labute approximate surface area is 152 Å². The molecule has 0 saturated carbocycles. The van der Waals surface area contributed by atoms with Crippen molar-refractivity contribution in [2.45, 2.75) is 44.3 Å². The van der Waals surface area contributed by atoms with Crippen LogP contribution in [0.5, 0.6) is 5.75 Å². The summed E-state index contributed by atoms with van der Waals surface area (Å²) in [6.45, 7) is 5.08. The predicted octanol–water partition coefficient (Wildman–Crippen LogP) is 2.64. The minimum absolute atomic E-state index is 0.0270. The minimum Gasteiger partial charge on any atom is -0.492 e. The third-order valence-corrected chi connectivity index (χ3v) is 5.15. The molecule has 134 valence electrons. The second kappa shape index (κ2) is 8.38. The van der Waals surface area contributed by atoms with Crippen LogP contribution in [0.4, 0.5) is 0 Å². The monoisotopic (exact) mass is 360 g/mol. The normalized spacial score (nSPS) is 13.1. The summed E-state index contributed by atoms with van der Waals surface area (Å²) in [7, 11) is 0. The minimum atomic E-state index is -0.0270. The molecule has 1 N–H and O–H groups in total. The van der Waals surface area contributed by atoms with Crippen LogP contribution in [0, 0.1) is 0 Å². The number of hydrogen-bond acceptors (Lipinski definition) is 5. The molecule has 0 atom stereocenters. The van der Waals surface area contributed by atoms with Crippen molar-refractivity contribution in [1.29, 1.82) is 0 Å². The van der Waals surface area contributed by atoms with Crippen LogP contribution >= 0.6 is 11.8 Å². The number of benzene rings is 1. The first-order valence-electron chi connectivity index (χ1n) is 8.67. The number of carbonyl (C=O) groups is 1. The maximum absolute atomic E-state index is 11.9. The first kappa shape index (κ1) is 17.8. The van der Waals surface area contributed by atoms with Crippen molar-refractivity contribution in [3.8, 4) is 5.75 Å². The van der Waals surface area contributed by atoms with Gasteiger partial charge in [-0.15, -0.1) is 10.2 Å². The van der Waals surface area contributed by atoms with Crippen molar-refractivity contribution in [3.05, 3.63) is 35.7 Å². The topological polar surface area (TPSA) is 69.0 Å². The van der Waals surface area contributed by atoms with E-state index in [0.29, 0.717) is 18.9 Å². The van der Waals surface area contributed by atoms with Crippen molar-refractivity contribution >= 4 is 17.7 Å². The van der Waals surface area contributed by atoms with Gasteiger partial charge in [-0.05, 0) is 56.4 Å². The van der Waals surface area contributed by atoms with E-state index in [-0.39, 0.29) is 11.9 Å². The van der Waals surface area contributed by atoms with Crippen molar-refractivity contribution in [2.75, 3.05) is 18.9 Å². The molecular weight excluding hydrogens is 336 g/mol. The van der Waals surface area contributed by atoms with Crippen LogP contribution < -0.4 is 10.1 Å². The van der Waals surface area contributed by atoms with Gasteiger partial charge in [-0.1, -0.05) is 17.8 Å². The maximum atomic E-state index is 11.9. The third-order valence-electron chi connectivity index (χ3n) is 4.19. The third kappa shape index (κ3) is 4.75.